The van der Waals surface area contributed by atoms with Gasteiger partial charge in [-0.2, -0.15) is 0 Å². The Balaban J connectivity index is 2.17. The van der Waals surface area contributed by atoms with Crippen molar-refractivity contribution in [2.75, 3.05) is 19.7 Å². The number of nitrogens with zero attached hydrogens (tertiary/aromatic N) is 2. The summed E-state index contributed by atoms with van der Waals surface area (Å²) in [5.41, 5.74) is 3.45. The Hall–Kier alpha value is -2.40. The summed E-state index contributed by atoms with van der Waals surface area (Å²) in [6, 6.07) is 7.52. The second-order valence-corrected chi connectivity index (χ2v) is 5.70. The quantitative estimate of drug-likeness (QED) is 0.849. The molecule has 0 radical (unpaired) electrons. The smallest absolute Gasteiger partial charge is 0.253 e. The molecule has 24 heavy (non-hydrogen) atoms. The maximum absolute atomic E-state index is 12.5. The van der Waals surface area contributed by atoms with E-state index in [1.54, 1.807) is 17.3 Å². The van der Waals surface area contributed by atoms with Crippen molar-refractivity contribution in [2.45, 2.75) is 27.4 Å². The number of amides is 1. The molecule has 1 aromatic carbocycles. The van der Waals surface area contributed by atoms with Gasteiger partial charge in [0.2, 0.25) is 0 Å². The van der Waals surface area contributed by atoms with Crippen LogP contribution in [0.15, 0.2) is 36.7 Å². The van der Waals surface area contributed by atoms with E-state index in [0.717, 1.165) is 22.4 Å². The molecule has 5 nitrogen and oxygen atoms in total. The summed E-state index contributed by atoms with van der Waals surface area (Å²) >= 11 is 0. The molecule has 1 heterocycles. The predicted octanol–water partition coefficient (Wildman–Crippen LogP) is 2.73. The molecule has 1 aromatic heterocycles. The predicted molar refractivity (Wildman–Crippen MR) is 93.1 cm³/mol. The summed E-state index contributed by atoms with van der Waals surface area (Å²) in [7, 11) is 0. The SMILES string of the molecule is CCN(CCO)C(=O)c1cc(C)c(OCc2cccnc2)c(C)c1. The molecule has 0 saturated heterocycles. The molecule has 2 aromatic rings. The topological polar surface area (TPSA) is 62.7 Å². The van der Waals surface area contributed by atoms with Gasteiger partial charge in [-0.1, -0.05) is 6.07 Å². The summed E-state index contributed by atoms with van der Waals surface area (Å²) in [5, 5.41) is 9.08. The normalized spacial score (nSPS) is 10.5. The number of pyridine rings is 1. The first-order valence-electron chi connectivity index (χ1n) is 8.09. The lowest BCUT2D eigenvalue weighted by molar-refractivity contribution is 0.0731. The molecular formula is C19H24N2O3. The summed E-state index contributed by atoms with van der Waals surface area (Å²) in [4.78, 5) is 18.2. The Labute approximate surface area is 142 Å². The molecule has 5 heteroatoms. The van der Waals surface area contributed by atoms with Crippen LogP contribution in [0, 0.1) is 13.8 Å². The van der Waals surface area contributed by atoms with Crippen molar-refractivity contribution in [3.05, 3.63) is 58.9 Å². The second kappa shape index (κ2) is 8.45. The minimum atomic E-state index is -0.0726. The molecule has 0 unspecified atom stereocenters. The van der Waals surface area contributed by atoms with Gasteiger partial charge in [0.25, 0.3) is 5.91 Å². The van der Waals surface area contributed by atoms with Crippen LogP contribution in [0.2, 0.25) is 0 Å². The zero-order valence-electron chi connectivity index (χ0n) is 14.5. The molecule has 0 aliphatic rings. The fourth-order valence-electron chi connectivity index (χ4n) is 2.65. The highest BCUT2D eigenvalue weighted by atomic mass is 16.5. The van der Waals surface area contributed by atoms with E-state index in [-0.39, 0.29) is 12.5 Å². The van der Waals surface area contributed by atoms with E-state index in [1.165, 1.54) is 0 Å². The van der Waals surface area contributed by atoms with E-state index < -0.39 is 0 Å². The van der Waals surface area contributed by atoms with Gasteiger partial charge in [-0.05, 0) is 50.1 Å². The molecule has 1 N–H and O–H groups in total. The molecular weight excluding hydrogens is 304 g/mol. The second-order valence-electron chi connectivity index (χ2n) is 5.70. The van der Waals surface area contributed by atoms with Crippen LogP contribution in [0.25, 0.3) is 0 Å². The number of hydrogen-bond acceptors (Lipinski definition) is 4. The molecule has 0 bridgehead atoms. The first kappa shape index (κ1) is 17.9. The van der Waals surface area contributed by atoms with Crippen molar-refractivity contribution in [3.63, 3.8) is 0 Å². The number of aliphatic hydroxyl groups is 1. The van der Waals surface area contributed by atoms with Crippen LogP contribution in [-0.4, -0.2) is 40.6 Å². The number of hydrogen-bond donors (Lipinski definition) is 1. The minimum Gasteiger partial charge on any atom is -0.488 e. The van der Waals surface area contributed by atoms with Gasteiger partial charge in [0.15, 0.2) is 0 Å². The number of likely N-dealkylation sites (N-methyl/N-ethyl adjacent to an activating group) is 1. The molecule has 128 valence electrons. The zero-order valence-corrected chi connectivity index (χ0v) is 14.5. The molecule has 0 spiro atoms. The van der Waals surface area contributed by atoms with Crippen molar-refractivity contribution >= 4 is 5.91 Å². The Morgan fingerprint density at radius 1 is 1.29 bits per heavy atom. The minimum absolute atomic E-state index is 0.0378. The maximum atomic E-state index is 12.5. The Morgan fingerprint density at radius 2 is 2.00 bits per heavy atom. The summed E-state index contributed by atoms with van der Waals surface area (Å²) in [5.74, 6) is 0.720. The number of aryl methyl sites for hydroxylation is 2. The van der Waals surface area contributed by atoms with Crippen LogP contribution in [0.1, 0.15) is 34.0 Å². The third-order valence-electron chi connectivity index (χ3n) is 3.85. The first-order valence-corrected chi connectivity index (χ1v) is 8.09. The molecule has 0 aliphatic heterocycles. The van der Waals surface area contributed by atoms with E-state index in [0.29, 0.717) is 25.3 Å². The van der Waals surface area contributed by atoms with E-state index in [1.807, 2.05) is 45.0 Å². The molecule has 2 rings (SSSR count). The lowest BCUT2D eigenvalue weighted by atomic mass is 10.0. The van der Waals surface area contributed by atoms with Crippen LogP contribution in [0.3, 0.4) is 0 Å². The van der Waals surface area contributed by atoms with E-state index in [4.69, 9.17) is 9.84 Å². The first-order chi connectivity index (χ1) is 11.6. The number of aliphatic hydroxyl groups excluding tert-OH is 1. The van der Waals surface area contributed by atoms with E-state index in [9.17, 15) is 4.79 Å². The van der Waals surface area contributed by atoms with Crippen LogP contribution in [0.4, 0.5) is 0 Å². The van der Waals surface area contributed by atoms with Crippen LogP contribution >= 0.6 is 0 Å². The van der Waals surface area contributed by atoms with Crippen molar-refractivity contribution < 1.29 is 14.6 Å². The summed E-state index contributed by atoms with van der Waals surface area (Å²) in [6.07, 6.45) is 3.50. The fourth-order valence-corrected chi connectivity index (χ4v) is 2.65. The summed E-state index contributed by atoms with van der Waals surface area (Å²) < 4.78 is 5.92. The van der Waals surface area contributed by atoms with Gasteiger partial charge in [0, 0.05) is 36.6 Å². The van der Waals surface area contributed by atoms with Crippen LogP contribution < -0.4 is 4.74 Å². The maximum Gasteiger partial charge on any atom is 0.253 e. The lowest BCUT2D eigenvalue weighted by Gasteiger charge is -2.21. The lowest BCUT2D eigenvalue weighted by Crippen LogP contribution is -2.33. The highest BCUT2D eigenvalue weighted by Crippen LogP contribution is 2.26. The fraction of sp³-hybridized carbons (Fsp3) is 0.368. The van der Waals surface area contributed by atoms with Crippen molar-refractivity contribution in [3.8, 4) is 5.75 Å². The van der Waals surface area contributed by atoms with Gasteiger partial charge in [-0.25, -0.2) is 0 Å². The molecule has 0 saturated carbocycles. The third kappa shape index (κ3) is 4.32. The van der Waals surface area contributed by atoms with Gasteiger partial charge in [0.05, 0.1) is 6.61 Å². The number of aromatic nitrogens is 1. The number of carbonyl (C=O) groups excluding carboxylic acids is 1. The number of carbonyl (C=O) groups is 1. The number of ether oxygens (including phenoxy) is 1. The van der Waals surface area contributed by atoms with Crippen molar-refractivity contribution in [2.24, 2.45) is 0 Å². The monoisotopic (exact) mass is 328 g/mol. The number of benzene rings is 1. The van der Waals surface area contributed by atoms with Gasteiger partial charge in [0.1, 0.15) is 12.4 Å². The van der Waals surface area contributed by atoms with Gasteiger partial charge < -0.3 is 14.7 Å². The largest absolute Gasteiger partial charge is 0.488 e. The highest BCUT2D eigenvalue weighted by Gasteiger charge is 2.16. The average molecular weight is 328 g/mol. The molecule has 1 amide bonds. The third-order valence-corrected chi connectivity index (χ3v) is 3.85. The Morgan fingerprint density at radius 3 is 2.54 bits per heavy atom. The number of rotatable bonds is 7. The van der Waals surface area contributed by atoms with Crippen molar-refractivity contribution in [1.29, 1.82) is 0 Å². The van der Waals surface area contributed by atoms with Gasteiger partial charge >= 0.3 is 0 Å². The van der Waals surface area contributed by atoms with Gasteiger partial charge in [-0.3, -0.25) is 9.78 Å². The standard InChI is InChI=1S/C19H24N2O3/c1-4-21(8-9-22)19(23)17-10-14(2)18(15(3)11-17)24-13-16-6-5-7-20-12-16/h5-7,10-12,22H,4,8-9,13H2,1-3H3. The summed E-state index contributed by atoms with van der Waals surface area (Å²) in [6.45, 7) is 7.08. The molecule has 0 fully saturated rings. The van der Waals surface area contributed by atoms with Gasteiger partial charge in [-0.15, -0.1) is 0 Å². The van der Waals surface area contributed by atoms with Crippen LogP contribution in [0.5, 0.6) is 5.75 Å². The van der Waals surface area contributed by atoms with Crippen LogP contribution in [-0.2, 0) is 6.61 Å². The Kier molecular flexibility index (Phi) is 6.32. The van der Waals surface area contributed by atoms with Crippen molar-refractivity contribution in [1.82, 2.24) is 9.88 Å². The molecule has 0 atom stereocenters. The van der Waals surface area contributed by atoms with E-state index >= 15 is 0 Å². The Bertz CT molecular complexity index is 663. The van der Waals surface area contributed by atoms with E-state index in [2.05, 4.69) is 4.98 Å². The zero-order chi connectivity index (χ0) is 17.5. The highest BCUT2D eigenvalue weighted by molar-refractivity contribution is 5.95. The molecule has 0 aliphatic carbocycles. The average Bonchev–Trinajstić information content (AvgIpc) is 2.59.